The van der Waals surface area contributed by atoms with E-state index in [1.165, 1.54) is 205 Å². The number of hydrogen-bond donors (Lipinski definition) is 1. The smallest absolute Gasteiger partial charge is 0.247 e. The quantitative estimate of drug-likeness (QED) is 0.0623. The predicted molar refractivity (Wildman–Crippen MR) is 189 cm³/mol. The van der Waals surface area contributed by atoms with Gasteiger partial charge in [0, 0.05) is 0 Å². The van der Waals surface area contributed by atoms with Crippen molar-refractivity contribution in [2.24, 2.45) is 0 Å². The van der Waals surface area contributed by atoms with E-state index in [1.807, 2.05) is 0 Å². The highest BCUT2D eigenvalue weighted by Gasteiger charge is 2.25. The van der Waals surface area contributed by atoms with Crippen LogP contribution in [0.15, 0.2) is 12.4 Å². The van der Waals surface area contributed by atoms with Crippen molar-refractivity contribution in [3.63, 3.8) is 0 Å². The van der Waals surface area contributed by atoms with E-state index in [1.54, 1.807) is 0 Å². The zero-order valence-electron chi connectivity index (χ0n) is 29.7. The molecule has 2 atom stereocenters. The van der Waals surface area contributed by atoms with Gasteiger partial charge in [-0.1, -0.05) is 194 Å². The van der Waals surface area contributed by atoms with Crippen LogP contribution in [0.4, 0.5) is 0 Å². The third-order valence-corrected chi connectivity index (χ3v) is 9.89. The van der Waals surface area contributed by atoms with Gasteiger partial charge in [-0.25, -0.2) is 9.55 Å². The van der Waals surface area contributed by atoms with Gasteiger partial charge >= 0.3 is 0 Å². The number of aromatic amines is 1. The molecule has 0 fully saturated rings. The Hall–Kier alpha value is -0.790. The van der Waals surface area contributed by atoms with Gasteiger partial charge in [0.2, 0.25) is 0 Å². The minimum absolute atomic E-state index is 0.620. The molecule has 0 radical (unpaired) electrons. The molecular weight excluding hydrogens is 508 g/mol. The highest BCUT2D eigenvalue weighted by molar-refractivity contribution is 4.90. The summed E-state index contributed by atoms with van der Waals surface area (Å²) in [5.41, 5.74) is 0. The Morgan fingerprint density at radius 1 is 0.452 bits per heavy atom. The van der Waals surface area contributed by atoms with E-state index < -0.39 is 0 Å². The van der Waals surface area contributed by atoms with E-state index in [-0.39, 0.29) is 0 Å². The number of H-pyrrole nitrogens is 1. The summed E-state index contributed by atoms with van der Waals surface area (Å²) in [5, 5.41) is 0. The molecule has 0 aliphatic carbocycles. The number of unbranched alkanes of at least 4 members (excludes halogenated alkanes) is 25. The van der Waals surface area contributed by atoms with Gasteiger partial charge in [0.05, 0.1) is 12.0 Å². The van der Waals surface area contributed by atoms with Crippen LogP contribution < -0.4 is 4.57 Å². The van der Waals surface area contributed by atoms with Gasteiger partial charge in [-0.3, -0.25) is 0 Å². The Morgan fingerprint density at radius 2 is 0.762 bits per heavy atom. The molecule has 42 heavy (non-hydrogen) atoms. The zero-order chi connectivity index (χ0) is 30.4. The van der Waals surface area contributed by atoms with Crippen molar-refractivity contribution >= 4 is 0 Å². The molecule has 0 amide bonds. The fraction of sp³-hybridized carbons (Fsp3) is 0.925. The van der Waals surface area contributed by atoms with Crippen LogP contribution in [-0.2, 0) is 0 Å². The van der Waals surface area contributed by atoms with E-state index in [4.69, 9.17) is 0 Å². The summed E-state index contributed by atoms with van der Waals surface area (Å²) in [6, 6.07) is 0.620. The fourth-order valence-corrected chi connectivity index (χ4v) is 6.96. The Morgan fingerprint density at radius 3 is 1.12 bits per heavy atom. The van der Waals surface area contributed by atoms with Gasteiger partial charge in [-0.15, -0.1) is 0 Å². The Bertz CT molecular complexity index is 650. The van der Waals surface area contributed by atoms with Crippen LogP contribution in [0, 0.1) is 0 Å². The van der Waals surface area contributed by atoms with Gasteiger partial charge in [0.1, 0.15) is 12.4 Å². The molecule has 1 heterocycles. The van der Waals surface area contributed by atoms with Gasteiger partial charge in [0.25, 0.3) is 5.82 Å². The Labute approximate surface area is 266 Å². The first kappa shape index (κ1) is 39.2. The lowest BCUT2D eigenvalue weighted by Crippen LogP contribution is -2.41. The van der Waals surface area contributed by atoms with Crippen molar-refractivity contribution in [2.75, 3.05) is 0 Å². The first-order chi connectivity index (χ1) is 20.7. The van der Waals surface area contributed by atoms with Crippen molar-refractivity contribution in [1.29, 1.82) is 0 Å². The van der Waals surface area contributed by atoms with Crippen LogP contribution in [0.2, 0.25) is 0 Å². The van der Waals surface area contributed by atoms with E-state index in [2.05, 4.69) is 49.6 Å². The molecule has 0 bridgehead atoms. The highest BCUT2D eigenvalue weighted by atomic mass is 15.1. The maximum absolute atomic E-state index is 3.74. The molecular formula is C40H79N2+. The number of hydrogen-bond acceptors (Lipinski definition) is 0. The molecule has 0 aromatic carbocycles. The molecule has 0 aliphatic rings. The van der Waals surface area contributed by atoms with Crippen molar-refractivity contribution in [1.82, 2.24) is 4.98 Å². The molecule has 1 rings (SSSR count). The molecule has 0 saturated heterocycles. The Kier molecular flexibility index (Phi) is 28.3. The molecule has 2 heteroatoms. The average molecular weight is 588 g/mol. The summed E-state index contributed by atoms with van der Waals surface area (Å²) in [6.07, 6.45) is 48.7. The minimum atomic E-state index is 0.620. The van der Waals surface area contributed by atoms with Crippen LogP contribution in [0.3, 0.4) is 0 Å². The second kappa shape index (κ2) is 30.2. The van der Waals surface area contributed by atoms with Crippen molar-refractivity contribution < 1.29 is 4.57 Å². The monoisotopic (exact) mass is 588 g/mol. The number of imidazole rings is 1. The van der Waals surface area contributed by atoms with E-state index >= 15 is 0 Å². The standard InChI is InChI=1S/C40H78N2/c1-5-8-11-14-16-18-20-22-23-25-28-30-33-38(4)42-37-36-41-40(42)39(34-31-27-13-10-7-3)35-32-29-26-24-21-19-17-15-12-9-6-2/h36-39H,5-35H2,1-4H3/p+1. The van der Waals surface area contributed by atoms with Crippen LogP contribution in [0.5, 0.6) is 0 Å². The second-order valence-corrected chi connectivity index (χ2v) is 14.0. The van der Waals surface area contributed by atoms with Crippen LogP contribution in [0.25, 0.3) is 0 Å². The molecule has 248 valence electrons. The molecule has 0 spiro atoms. The van der Waals surface area contributed by atoms with E-state index in [9.17, 15) is 0 Å². The summed E-state index contributed by atoms with van der Waals surface area (Å²) in [6.45, 7) is 9.42. The van der Waals surface area contributed by atoms with E-state index in [0.717, 1.165) is 0 Å². The zero-order valence-corrected chi connectivity index (χ0v) is 29.7. The van der Waals surface area contributed by atoms with Gasteiger partial charge < -0.3 is 0 Å². The number of nitrogens with one attached hydrogen (secondary N) is 1. The fourth-order valence-electron chi connectivity index (χ4n) is 6.96. The van der Waals surface area contributed by atoms with Crippen LogP contribution >= 0.6 is 0 Å². The number of aromatic nitrogens is 2. The summed E-state index contributed by atoms with van der Waals surface area (Å²) in [5.74, 6) is 2.24. The third-order valence-electron chi connectivity index (χ3n) is 9.89. The largest absolute Gasteiger partial charge is 0.257 e. The molecule has 1 aromatic rings. The van der Waals surface area contributed by atoms with Crippen molar-refractivity contribution in [3.05, 3.63) is 18.2 Å². The molecule has 0 aliphatic heterocycles. The molecule has 0 saturated carbocycles. The Balaban J connectivity index is 2.34. The first-order valence-corrected chi connectivity index (χ1v) is 19.8. The second-order valence-electron chi connectivity index (χ2n) is 14.0. The molecule has 2 nitrogen and oxygen atoms in total. The lowest BCUT2D eigenvalue weighted by atomic mass is 9.93. The van der Waals surface area contributed by atoms with Gasteiger partial charge in [-0.2, -0.15) is 0 Å². The summed E-state index contributed by atoms with van der Waals surface area (Å²) < 4.78 is 2.63. The highest BCUT2D eigenvalue weighted by Crippen LogP contribution is 2.27. The lowest BCUT2D eigenvalue weighted by molar-refractivity contribution is -0.727. The first-order valence-electron chi connectivity index (χ1n) is 19.8. The topological polar surface area (TPSA) is 19.7 Å². The summed E-state index contributed by atoms with van der Waals surface area (Å²) in [7, 11) is 0. The third kappa shape index (κ3) is 21.8. The SMILES string of the molecule is CCCCCCCCCCCCCCC(C)[n+]1cc[nH]c1C(CCCCCCC)CCCCCCCCCCCCC. The van der Waals surface area contributed by atoms with Gasteiger partial charge in [0.15, 0.2) is 0 Å². The summed E-state index contributed by atoms with van der Waals surface area (Å²) in [4.78, 5) is 3.74. The van der Waals surface area contributed by atoms with Crippen molar-refractivity contribution in [3.8, 4) is 0 Å². The average Bonchev–Trinajstić information content (AvgIpc) is 3.49. The molecule has 1 aromatic heterocycles. The van der Waals surface area contributed by atoms with Crippen LogP contribution in [-0.4, -0.2) is 4.98 Å². The van der Waals surface area contributed by atoms with Crippen molar-refractivity contribution in [2.45, 2.75) is 239 Å². The number of rotatable bonds is 33. The number of nitrogens with zero attached hydrogens (tertiary/aromatic N) is 1. The molecule has 1 N–H and O–H groups in total. The molecule has 2 unspecified atom stereocenters. The van der Waals surface area contributed by atoms with Crippen LogP contribution in [0.1, 0.15) is 245 Å². The lowest BCUT2D eigenvalue weighted by Gasteiger charge is -2.17. The summed E-state index contributed by atoms with van der Waals surface area (Å²) >= 11 is 0. The maximum Gasteiger partial charge on any atom is 0.257 e. The maximum atomic E-state index is 3.74. The minimum Gasteiger partial charge on any atom is -0.247 e. The van der Waals surface area contributed by atoms with Gasteiger partial charge in [-0.05, 0) is 32.6 Å². The van der Waals surface area contributed by atoms with E-state index in [0.29, 0.717) is 12.0 Å². The normalized spacial score (nSPS) is 13.1. The predicted octanol–water partition coefficient (Wildman–Crippen LogP) is 14.1.